The molecular weight excluding hydrogens is 192 g/mol. The zero-order chi connectivity index (χ0) is 11.3. The standard InChI is InChI=1S/C12H16O3/c1-9(2-7-12(14)15)11-5-3-10(8-13)4-6-11/h3-6,9,13H,2,7-8H2,1H3,(H,14,15)/t9-/m0/s1. The summed E-state index contributed by atoms with van der Waals surface area (Å²) >= 11 is 0. The highest BCUT2D eigenvalue weighted by Crippen LogP contribution is 2.20. The van der Waals surface area contributed by atoms with Crippen LogP contribution in [-0.4, -0.2) is 16.2 Å². The van der Waals surface area contributed by atoms with Gasteiger partial charge >= 0.3 is 5.97 Å². The summed E-state index contributed by atoms with van der Waals surface area (Å²) in [5, 5.41) is 17.4. The van der Waals surface area contributed by atoms with Gasteiger partial charge in [-0.1, -0.05) is 31.2 Å². The molecule has 1 atom stereocenters. The maximum absolute atomic E-state index is 10.4. The first-order chi connectivity index (χ1) is 7.13. The lowest BCUT2D eigenvalue weighted by Crippen LogP contribution is -2.00. The Morgan fingerprint density at radius 3 is 2.40 bits per heavy atom. The number of aliphatic hydroxyl groups excluding tert-OH is 1. The van der Waals surface area contributed by atoms with Gasteiger partial charge in [0.15, 0.2) is 0 Å². The van der Waals surface area contributed by atoms with Crippen molar-refractivity contribution in [1.29, 1.82) is 0 Å². The summed E-state index contributed by atoms with van der Waals surface area (Å²) in [7, 11) is 0. The van der Waals surface area contributed by atoms with E-state index in [0.717, 1.165) is 11.1 Å². The molecule has 15 heavy (non-hydrogen) atoms. The predicted molar refractivity (Wildman–Crippen MR) is 57.6 cm³/mol. The molecule has 0 heterocycles. The number of carbonyl (C=O) groups is 1. The molecule has 0 aromatic heterocycles. The van der Waals surface area contributed by atoms with Gasteiger partial charge in [-0.05, 0) is 23.5 Å². The molecule has 3 nitrogen and oxygen atoms in total. The van der Waals surface area contributed by atoms with Crippen molar-refractivity contribution in [2.45, 2.75) is 32.3 Å². The van der Waals surface area contributed by atoms with Crippen LogP contribution >= 0.6 is 0 Å². The molecule has 0 bridgehead atoms. The minimum absolute atomic E-state index is 0.0454. The van der Waals surface area contributed by atoms with Crippen molar-refractivity contribution in [2.75, 3.05) is 0 Å². The van der Waals surface area contributed by atoms with E-state index in [1.54, 1.807) is 0 Å². The van der Waals surface area contributed by atoms with Gasteiger partial charge in [-0.2, -0.15) is 0 Å². The fourth-order valence-electron chi connectivity index (χ4n) is 1.46. The van der Waals surface area contributed by atoms with Crippen LogP contribution in [0.15, 0.2) is 24.3 Å². The molecule has 2 N–H and O–H groups in total. The summed E-state index contributed by atoms with van der Waals surface area (Å²) in [5.74, 6) is -0.511. The Morgan fingerprint density at radius 1 is 1.33 bits per heavy atom. The molecule has 0 fully saturated rings. The van der Waals surface area contributed by atoms with E-state index < -0.39 is 5.97 Å². The molecule has 0 saturated heterocycles. The number of benzene rings is 1. The van der Waals surface area contributed by atoms with Crippen LogP contribution in [0.2, 0.25) is 0 Å². The highest BCUT2D eigenvalue weighted by molar-refractivity contribution is 5.66. The summed E-state index contributed by atoms with van der Waals surface area (Å²) in [4.78, 5) is 10.4. The molecular formula is C12H16O3. The van der Waals surface area contributed by atoms with Crippen LogP contribution < -0.4 is 0 Å². The zero-order valence-corrected chi connectivity index (χ0v) is 8.81. The van der Waals surface area contributed by atoms with Crippen molar-refractivity contribution < 1.29 is 15.0 Å². The van der Waals surface area contributed by atoms with Gasteiger partial charge in [0, 0.05) is 6.42 Å². The quantitative estimate of drug-likeness (QED) is 0.779. The van der Waals surface area contributed by atoms with Crippen molar-refractivity contribution in [1.82, 2.24) is 0 Å². The van der Waals surface area contributed by atoms with Crippen molar-refractivity contribution in [2.24, 2.45) is 0 Å². The van der Waals surface area contributed by atoms with Crippen molar-refractivity contribution in [3.05, 3.63) is 35.4 Å². The number of carboxylic acid groups (broad SMARTS) is 1. The van der Waals surface area contributed by atoms with Crippen LogP contribution in [0.1, 0.15) is 36.8 Å². The monoisotopic (exact) mass is 208 g/mol. The van der Waals surface area contributed by atoms with E-state index in [1.807, 2.05) is 31.2 Å². The number of aliphatic hydroxyl groups is 1. The van der Waals surface area contributed by atoms with Crippen molar-refractivity contribution in [3.8, 4) is 0 Å². The fourth-order valence-corrected chi connectivity index (χ4v) is 1.46. The maximum atomic E-state index is 10.4. The molecule has 0 aliphatic heterocycles. The molecule has 0 saturated carbocycles. The van der Waals surface area contributed by atoms with E-state index in [-0.39, 0.29) is 18.9 Å². The molecule has 0 amide bonds. The van der Waals surface area contributed by atoms with Crippen LogP contribution in [-0.2, 0) is 11.4 Å². The second-order valence-electron chi connectivity index (χ2n) is 3.73. The first-order valence-corrected chi connectivity index (χ1v) is 5.05. The zero-order valence-electron chi connectivity index (χ0n) is 8.81. The van der Waals surface area contributed by atoms with E-state index in [4.69, 9.17) is 10.2 Å². The summed E-state index contributed by atoms with van der Waals surface area (Å²) in [5.41, 5.74) is 2.00. The second-order valence-corrected chi connectivity index (χ2v) is 3.73. The number of aliphatic carboxylic acids is 1. The van der Waals surface area contributed by atoms with Gasteiger partial charge in [-0.15, -0.1) is 0 Å². The van der Waals surface area contributed by atoms with E-state index >= 15 is 0 Å². The smallest absolute Gasteiger partial charge is 0.303 e. The summed E-state index contributed by atoms with van der Waals surface area (Å²) in [6.45, 7) is 2.06. The maximum Gasteiger partial charge on any atom is 0.303 e. The van der Waals surface area contributed by atoms with Crippen LogP contribution in [0.25, 0.3) is 0 Å². The van der Waals surface area contributed by atoms with Gasteiger partial charge in [0.1, 0.15) is 0 Å². The Kier molecular flexibility index (Phi) is 4.31. The molecule has 82 valence electrons. The molecule has 1 aromatic carbocycles. The Bertz CT molecular complexity index is 316. The topological polar surface area (TPSA) is 57.5 Å². The molecule has 0 unspecified atom stereocenters. The predicted octanol–water partition coefficient (Wildman–Crippen LogP) is 2.15. The van der Waals surface area contributed by atoms with Crippen LogP contribution in [0.5, 0.6) is 0 Å². The van der Waals surface area contributed by atoms with Crippen molar-refractivity contribution >= 4 is 5.97 Å². The lowest BCUT2D eigenvalue weighted by molar-refractivity contribution is -0.137. The van der Waals surface area contributed by atoms with Crippen molar-refractivity contribution in [3.63, 3.8) is 0 Å². The third-order valence-electron chi connectivity index (χ3n) is 2.52. The highest BCUT2D eigenvalue weighted by atomic mass is 16.4. The first kappa shape index (κ1) is 11.7. The first-order valence-electron chi connectivity index (χ1n) is 5.05. The van der Waals surface area contributed by atoms with Gasteiger partial charge in [-0.3, -0.25) is 4.79 Å². The lowest BCUT2D eigenvalue weighted by Gasteiger charge is -2.10. The minimum atomic E-state index is -0.756. The van der Waals surface area contributed by atoms with Gasteiger partial charge in [-0.25, -0.2) is 0 Å². The fraction of sp³-hybridized carbons (Fsp3) is 0.417. The van der Waals surface area contributed by atoms with E-state index in [0.29, 0.717) is 6.42 Å². The van der Waals surface area contributed by atoms with Gasteiger partial charge in [0.25, 0.3) is 0 Å². The highest BCUT2D eigenvalue weighted by Gasteiger charge is 2.07. The van der Waals surface area contributed by atoms with Gasteiger partial charge in [0.2, 0.25) is 0 Å². The molecule has 0 radical (unpaired) electrons. The van der Waals surface area contributed by atoms with Crippen LogP contribution in [0.4, 0.5) is 0 Å². The Morgan fingerprint density at radius 2 is 1.93 bits per heavy atom. The Labute approximate surface area is 89.4 Å². The number of hydrogen-bond donors (Lipinski definition) is 2. The Balaban J connectivity index is 2.57. The SMILES string of the molecule is C[C@@H](CCC(=O)O)c1ccc(CO)cc1. The third kappa shape index (κ3) is 3.72. The normalized spacial score (nSPS) is 12.4. The van der Waals surface area contributed by atoms with Crippen LogP contribution in [0, 0.1) is 0 Å². The average molecular weight is 208 g/mol. The second kappa shape index (κ2) is 5.51. The molecule has 1 rings (SSSR count). The van der Waals surface area contributed by atoms with Crippen LogP contribution in [0.3, 0.4) is 0 Å². The van der Waals surface area contributed by atoms with E-state index in [1.165, 1.54) is 0 Å². The third-order valence-corrected chi connectivity index (χ3v) is 2.52. The molecule has 0 spiro atoms. The number of carboxylic acids is 1. The van der Waals surface area contributed by atoms with E-state index in [9.17, 15) is 4.79 Å². The Hall–Kier alpha value is -1.35. The summed E-state index contributed by atoms with van der Waals surface area (Å²) in [6.07, 6.45) is 0.844. The number of rotatable bonds is 5. The number of hydrogen-bond acceptors (Lipinski definition) is 2. The molecule has 3 heteroatoms. The molecule has 0 aliphatic carbocycles. The van der Waals surface area contributed by atoms with E-state index in [2.05, 4.69) is 0 Å². The largest absolute Gasteiger partial charge is 0.481 e. The lowest BCUT2D eigenvalue weighted by atomic mass is 9.95. The minimum Gasteiger partial charge on any atom is -0.481 e. The summed E-state index contributed by atoms with van der Waals surface area (Å²) in [6, 6.07) is 7.62. The van der Waals surface area contributed by atoms with Gasteiger partial charge in [0.05, 0.1) is 6.61 Å². The summed E-state index contributed by atoms with van der Waals surface area (Å²) < 4.78 is 0. The average Bonchev–Trinajstić information content (AvgIpc) is 2.26. The van der Waals surface area contributed by atoms with Gasteiger partial charge < -0.3 is 10.2 Å². The molecule has 0 aliphatic rings. The molecule has 1 aromatic rings.